The molecule has 1 heterocycles. The average Bonchev–Trinajstić information content (AvgIpc) is 2.14. The fourth-order valence-corrected chi connectivity index (χ4v) is 0.626. The molecule has 0 amide bonds. The third-order valence-electron chi connectivity index (χ3n) is 1.10. The number of rotatable bonds is 1. The molecule has 0 radical (unpaired) electrons. The lowest BCUT2D eigenvalue weighted by atomic mass is 10.7. The molecule has 0 saturated carbocycles. The molecule has 0 fully saturated rings. The Labute approximate surface area is 49.1 Å². The Morgan fingerprint density at radius 3 is 2.50 bits per heavy atom. The monoisotopic (exact) mass is 110 g/mol. The molecule has 1 rings (SSSR count). The van der Waals surface area contributed by atoms with Gasteiger partial charge in [0, 0.05) is 0 Å². The van der Waals surface area contributed by atoms with Crippen molar-refractivity contribution in [1.29, 1.82) is 0 Å². The maximum Gasteiger partial charge on any atom is 0.488 e. The van der Waals surface area contributed by atoms with Crippen LogP contribution in [0.25, 0.3) is 0 Å². The molecule has 1 aliphatic rings. The first-order chi connectivity index (χ1) is 3.83. The molecular formula is C6H10N2+2. The third kappa shape index (κ3) is 0.849. The van der Waals surface area contributed by atoms with Crippen LogP contribution in [0.1, 0.15) is 6.92 Å². The maximum atomic E-state index is 3.06. The summed E-state index contributed by atoms with van der Waals surface area (Å²) >= 11 is 0. The van der Waals surface area contributed by atoms with E-state index in [2.05, 4.69) is 12.9 Å². The van der Waals surface area contributed by atoms with Crippen molar-refractivity contribution in [2.45, 2.75) is 6.92 Å². The Morgan fingerprint density at radius 2 is 2.25 bits per heavy atom. The van der Waals surface area contributed by atoms with E-state index in [1.165, 1.54) is 0 Å². The molecule has 2 heteroatoms. The van der Waals surface area contributed by atoms with E-state index in [0.29, 0.717) is 0 Å². The van der Waals surface area contributed by atoms with Gasteiger partial charge in [-0.15, -0.1) is 0 Å². The van der Waals surface area contributed by atoms with E-state index in [9.17, 15) is 0 Å². The predicted molar refractivity (Wildman–Crippen MR) is 31.1 cm³/mol. The summed E-state index contributed by atoms with van der Waals surface area (Å²) in [6.07, 6.45) is 3.98. The van der Waals surface area contributed by atoms with Gasteiger partial charge in [-0.25, -0.2) is 0 Å². The second-order valence-electron chi connectivity index (χ2n) is 1.80. The van der Waals surface area contributed by atoms with E-state index in [4.69, 9.17) is 0 Å². The van der Waals surface area contributed by atoms with Crippen molar-refractivity contribution in [2.24, 2.45) is 0 Å². The molecule has 0 atom stereocenters. The quantitative estimate of drug-likeness (QED) is 0.429. The fraction of sp³-hybridized carbons (Fsp3) is 0.500. The van der Waals surface area contributed by atoms with Crippen molar-refractivity contribution in [1.82, 2.24) is 0 Å². The summed E-state index contributed by atoms with van der Waals surface area (Å²) in [5.74, 6) is 0. The SMILES string of the molecule is CC[N+]1=C=[N+](C)C=C1. The lowest BCUT2D eigenvalue weighted by Crippen LogP contribution is -1.98. The van der Waals surface area contributed by atoms with Gasteiger partial charge >= 0.3 is 6.01 Å². The molecule has 0 spiro atoms. The average molecular weight is 110 g/mol. The van der Waals surface area contributed by atoms with Crippen LogP contribution in [0.4, 0.5) is 0 Å². The fourth-order valence-electron chi connectivity index (χ4n) is 0.626. The lowest BCUT2D eigenvalue weighted by Gasteiger charge is -1.70. The zero-order chi connectivity index (χ0) is 5.98. The smallest absolute Gasteiger partial charge is 0.0972 e. The van der Waals surface area contributed by atoms with Crippen LogP contribution in [-0.2, 0) is 0 Å². The highest BCUT2D eigenvalue weighted by molar-refractivity contribution is 5.28. The molecule has 2 nitrogen and oxygen atoms in total. The van der Waals surface area contributed by atoms with Crippen molar-refractivity contribution in [3.05, 3.63) is 12.4 Å². The van der Waals surface area contributed by atoms with Gasteiger partial charge in [-0.3, -0.25) is 0 Å². The molecule has 0 aromatic rings. The Bertz CT molecular complexity index is 183. The first kappa shape index (κ1) is 5.26. The largest absolute Gasteiger partial charge is 0.488 e. The van der Waals surface area contributed by atoms with E-state index in [1.54, 1.807) is 0 Å². The van der Waals surface area contributed by atoms with Crippen molar-refractivity contribution < 1.29 is 9.15 Å². The van der Waals surface area contributed by atoms with Crippen LogP contribution < -0.4 is 0 Å². The molecule has 8 heavy (non-hydrogen) atoms. The molecule has 0 N–H and O–H groups in total. The summed E-state index contributed by atoms with van der Waals surface area (Å²) < 4.78 is 3.91. The van der Waals surface area contributed by atoms with Gasteiger partial charge < -0.3 is 0 Å². The van der Waals surface area contributed by atoms with Gasteiger partial charge in [-0.2, -0.15) is 0 Å². The molecule has 0 aliphatic carbocycles. The van der Waals surface area contributed by atoms with Gasteiger partial charge in [0.2, 0.25) is 12.4 Å². The maximum absolute atomic E-state index is 3.06. The second-order valence-corrected chi connectivity index (χ2v) is 1.80. The van der Waals surface area contributed by atoms with E-state index >= 15 is 0 Å². The molecular weight excluding hydrogens is 100 g/mol. The summed E-state index contributed by atoms with van der Waals surface area (Å²) in [6, 6.07) is 3.06. The topological polar surface area (TPSA) is 6.02 Å². The first-order valence-corrected chi connectivity index (χ1v) is 2.77. The minimum Gasteiger partial charge on any atom is -0.0972 e. The summed E-state index contributed by atoms with van der Waals surface area (Å²) in [5.41, 5.74) is 0. The first-order valence-electron chi connectivity index (χ1n) is 2.77. The van der Waals surface area contributed by atoms with E-state index in [1.807, 2.05) is 28.6 Å². The minimum absolute atomic E-state index is 1.00. The molecule has 0 aromatic carbocycles. The minimum atomic E-state index is 1.00. The summed E-state index contributed by atoms with van der Waals surface area (Å²) in [7, 11) is 1.96. The highest BCUT2D eigenvalue weighted by Gasteiger charge is 2.07. The van der Waals surface area contributed by atoms with E-state index in [0.717, 1.165) is 6.54 Å². The van der Waals surface area contributed by atoms with Crippen molar-refractivity contribution >= 4 is 6.01 Å². The number of hydrogen-bond acceptors (Lipinski definition) is 0. The Kier molecular flexibility index (Phi) is 1.27. The van der Waals surface area contributed by atoms with Crippen LogP contribution in [0.5, 0.6) is 0 Å². The van der Waals surface area contributed by atoms with Crippen molar-refractivity contribution in [3.8, 4) is 0 Å². The number of hydrogen-bond donors (Lipinski definition) is 0. The molecule has 42 valence electrons. The van der Waals surface area contributed by atoms with Crippen LogP contribution in [0.2, 0.25) is 0 Å². The van der Waals surface area contributed by atoms with Crippen LogP contribution in [0.15, 0.2) is 12.4 Å². The third-order valence-corrected chi connectivity index (χ3v) is 1.10. The van der Waals surface area contributed by atoms with Gasteiger partial charge in [0.25, 0.3) is 0 Å². The van der Waals surface area contributed by atoms with Gasteiger partial charge in [0.15, 0.2) is 13.6 Å². The predicted octanol–water partition coefficient (Wildman–Crippen LogP) is 0.320. The van der Waals surface area contributed by atoms with Crippen LogP contribution >= 0.6 is 0 Å². The Balaban J connectivity index is 2.85. The highest BCUT2D eigenvalue weighted by Crippen LogP contribution is 1.81. The highest BCUT2D eigenvalue weighted by atomic mass is 15.1. The van der Waals surface area contributed by atoms with Crippen LogP contribution in [0.3, 0.4) is 0 Å². The summed E-state index contributed by atoms with van der Waals surface area (Å²) in [4.78, 5) is 0. The van der Waals surface area contributed by atoms with Gasteiger partial charge in [-0.1, -0.05) is 9.15 Å². The Hall–Kier alpha value is -0.880. The zero-order valence-electron chi connectivity index (χ0n) is 5.26. The Morgan fingerprint density at radius 1 is 1.50 bits per heavy atom. The molecule has 0 saturated heterocycles. The van der Waals surface area contributed by atoms with Crippen LogP contribution in [-0.4, -0.2) is 28.8 Å². The van der Waals surface area contributed by atoms with Gasteiger partial charge in [-0.05, 0) is 6.92 Å². The van der Waals surface area contributed by atoms with Crippen molar-refractivity contribution in [2.75, 3.05) is 13.6 Å². The van der Waals surface area contributed by atoms with E-state index in [-0.39, 0.29) is 0 Å². The van der Waals surface area contributed by atoms with Gasteiger partial charge in [0.05, 0.1) is 0 Å². The summed E-state index contributed by atoms with van der Waals surface area (Å²) in [6.45, 7) is 3.09. The zero-order valence-corrected chi connectivity index (χ0v) is 5.26. The lowest BCUT2D eigenvalue weighted by molar-refractivity contribution is -0.467. The molecule has 0 unspecified atom stereocenters. The van der Waals surface area contributed by atoms with Crippen molar-refractivity contribution in [3.63, 3.8) is 0 Å². The van der Waals surface area contributed by atoms with Gasteiger partial charge in [0.1, 0.15) is 0 Å². The normalized spacial score (nSPS) is 16.2. The second kappa shape index (κ2) is 1.93. The molecule has 1 aliphatic heterocycles. The van der Waals surface area contributed by atoms with Crippen LogP contribution in [0, 0.1) is 0 Å². The molecule has 0 bridgehead atoms. The van der Waals surface area contributed by atoms with E-state index < -0.39 is 0 Å². The molecule has 0 aromatic heterocycles. The number of nitrogens with zero attached hydrogens (tertiary/aromatic N) is 2. The summed E-state index contributed by atoms with van der Waals surface area (Å²) in [5, 5.41) is 0. The standard InChI is InChI=1S/C6H10N2/c1-3-8-5-4-7(2)6-8/h4-5H,3H2,1-2H3/q+2.